The van der Waals surface area contributed by atoms with Gasteiger partial charge in [0, 0.05) is 6.04 Å². The molecule has 21 heavy (non-hydrogen) atoms. The lowest BCUT2D eigenvalue weighted by molar-refractivity contribution is 0.0994. The van der Waals surface area contributed by atoms with Crippen molar-refractivity contribution in [2.24, 2.45) is 5.92 Å². The van der Waals surface area contributed by atoms with Crippen molar-refractivity contribution >= 4 is 0 Å². The van der Waals surface area contributed by atoms with Crippen molar-refractivity contribution in [3.63, 3.8) is 0 Å². The van der Waals surface area contributed by atoms with Crippen LogP contribution in [0.5, 0.6) is 0 Å². The van der Waals surface area contributed by atoms with Gasteiger partial charge in [-0.3, -0.25) is 0 Å². The van der Waals surface area contributed by atoms with Gasteiger partial charge in [-0.05, 0) is 56.0 Å². The van der Waals surface area contributed by atoms with E-state index in [0.29, 0.717) is 12.0 Å². The first-order valence-electron chi connectivity index (χ1n) is 8.44. The molecule has 0 amide bonds. The van der Waals surface area contributed by atoms with Crippen LogP contribution in [0.25, 0.3) is 0 Å². The first-order valence-corrected chi connectivity index (χ1v) is 8.44. The van der Waals surface area contributed by atoms with Crippen LogP contribution in [0.15, 0.2) is 30.3 Å². The van der Waals surface area contributed by atoms with Crippen LogP contribution < -0.4 is 5.32 Å². The Morgan fingerprint density at radius 2 is 1.95 bits per heavy atom. The Morgan fingerprint density at radius 3 is 2.62 bits per heavy atom. The maximum atomic E-state index is 9.75. The van der Waals surface area contributed by atoms with Gasteiger partial charge in [-0.15, -0.1) is 0 Å². The van der Waals surface area contributed by atoms with Crippen LogP contribution in [0, 0.1) is 5.92 Å². The second kappa shape index (κ2) is 7.42. The summed E-state index contributed by atoms with van der Waals surface area (Å²) in [6, 6.07) is 11.3. The second-order valence-electron chi connectivity index (χ2n) is 7.45. The van der Waals surface area contributed by atoms with Crippen molar-refractivity contribution in [1.82, 2.24) is 5.32 Å². The number of nitrogens with one attached hydrogen (secondary N) is 1. The number of hydrogen-bond acceptors (Lipinski definition) is 2. The number of aliphatic hydroxyl groups is 1. The molecule has 0 radical (unpaired) electrons. The summed E-state index contributed by atoms with van der Waals surface area (Å²) in [5, 5.41) is 13.4. The molecule has 1 aromatic rings. The predicted molar refractivity (Wildman–Crippen MR) is 89.5 cm³/mol. The molecule has 0 spiro atoms. The normalized spacial score (nSPS) is 24.8. The second-order valence-corrected chi connectivity index (χ2v) is 7.45. The van der Waals surface area contributed by atoms with Crippen molar-refractivity contribution < 1.29 is 5.11 Å². The fraction of sp³-hybridized carbons (Fsp3) is 0.684. The molecule has 1 aliphatic carbocycles. The molecule has 118 valence electrons. The van der Waals surface area contributed by atoms with E-state index >= 15 is 0 Å². The van der Waals surface area contributed by atoms with E-state index in [1.54, 1.807) is 0 Å². The van der Waals surface area contributed by atoms with Gasteiger partial charge in [-0.2, -0.15) is 0 Å². The minimum atomic E-state index is -0.0679. The smallest absolute Gasteiger partial charge is 0.0543 e. The van der Waals surface area contributed by atoms with E-state index in [0.717, 1.165) is 25.8 Å². The fourth-order valence-corrected chi connectivity index (χ4v) is 3.66. The van der Waals surface area contributed by atoms with Gasteiger partial charge in [0.2, 0.25) is 0 Å². The first-order chi connectivity index (χ1) is 9.97. The van der Waals surface area contributed by atoms with Gasteiger partial charge in [-0.25, -0.2) is 0 Å². The van der Waals surface area contributed by atoms with Crippen LogP contribution in [0.3, 0.4) is 0 Å². The fourth-order valence-electron chi connectivity index (χ4n) is 3.66. The zero-order valence-corrected chi connectivity index (χ0v) is 13.8. The molecule has 1 fully saturated rings. The summed E-state index contributed by atoms with van der Waals surface area (Å²) in [5.41, 5.74) is 1.60. The quantitative estimate of drug-likeness (QED) is 0.833. The lowest BCUT2D eigenvalue weighted by atomic mass is 9.79. The van der Waals surface area contributed by atoms with E-state index in [9.17, 15) is 5.11 Å². The maximum absolute atomic E-state index is 9.75. The summed E-state index contributed by atoms with van der Waals surface area (Å²) in [5.74, 6) is 0.649. The largest absolute Gasteiger partial charge is 0.393 e. The highest BCUT2D eigenvalue weighted by Crippen LogP contribution is 2.28. The van der Waals surface area contributed by atoms with E-state index in [1.165, 1.54) is 18.4 Å². The molecule has 3 atom stereocenters. The van der Waals surface area contributed by atoms with E-state index in [1.807, 2.05) is 0 Å². The van der Waals surface area contributed by atoms with Crippen molar-refractivity contribution in [1.29, 1.82) is 0 Å². The molecule has 0 aromatic heterocycles. The third-order valence-electron chi connectivity index (χ3n) is 4.88. The van der Waals surface area contributed by atoms with Gasteiger partial charge in [0.15, 0.2) is 0 Å². The maximum Gasteiger partial charge on any atom is 0.0543 e. The molecular formula is C19H31NO. The van der Waals surface area contributed by atoms with Gasteiger partial charge in [0.1, 0.15) is 0 Å². The van der Waals surface area contributed by atoms with Crippen LogP contribution in [-0.4, -0.2) is 23.8 Å². The highest BCUT2D eigenvalue weighted by molar-refractivity contribution is 5.23. The number of rotatable bonds is 6. The number of benzene rings is 1. The van der Waals surface area contributed by atoms with Gasteiger partial charge < -0.3 is 10.4 Å². The zero-order chi connectivity index (χ0) is 15.3. The standard InChI is InChI=1S/C19H31NO/c1-15(20-14-16-8-7-11-18(21)12-16)13-19(2,3)17-9-5-4-6-10-17/h4-6,9-10,15-16,18,20-21H,7-8,11-14H2,1-3H3. The van der Waals surface area contributed by atoms with Crippen molar-refractivity contribution in [2.75, 3.05) is 6.54 Å². The Kier molecular flexibility index (Phi) is 5.83. The van der Waals surface area contributed by atoms with E-state index in [2.05, 4.69) is 56.4 Å². The number of aliphatic hydroxyl groups excluding tert-OH is 1. The summed E-state index contributed by atoms with van der Waals surface area (Å²) < 4.78 is 0. The third kappa shape index (κ3) is 5.12. The lowest BCUT2D eigenvalue weighted by Crippen LogP contribution is -2.37. The summed E-state index contributed by atoms with van der Waals surface area (Å²) in [6.07, 6.45) is 5.47. The molecule has 3 unspecified atom stereocenters. The summed E-state index contributed by atoms with van der Waals surface area (Å²) in [6.45, 7) is 7.97. The summed E-state index contributed by atoms with van der Waals surface area (Å²) in [4.78, 5) is 0. The van der Waals surface area contributed by atoms with Gasteiger partial charge >= 0.3 is 0 Å². The third-order valence-corrected chi connectivity index (χ3v) is 4.88. The molecule has 2 N–H and O–H groups in total. The average molecular weight is 289 g/mol. The zero-order valence-electron chi connectivity index (χ0n) is 13.8. The monoisotopic (exact) mass is 289 g/mol. The molecule has 0 heterocycles. The lowest BCUT2D eigenvalue weighted by Gasteiger charge is -2.31. The van der Waals surface area contributed by atoms with Crippen LogP contribution >= 0.6 is 0 Å². The summed E-state index contributed by atoms with van der Waals surface area (Å²) >= 11 is 0. The Bertz CT molecular complexity index is 415. The molecular weight excluding hydrogens is 258 g/mol. The minimum absolute atomic E-state index is 0.0679. The van der Waals surface area contributed by atoms with E-state index in [-0.39, 0.29) is 11.5 Å². The van der Waals surface area contributed by atoms with Crippen molar-refractivity contribution in [3.8, 4) is 0 Å². The van der Waals surface area contributed by atoms with E-state index < -0.39 is 0 Å². The van der Waals surface area contributed by atoms with E-state index in [4.69, 9.17) is 0 Å². The molecule has 0 saturated heterocycles. The Balaban J connectivity index is 1.79. The summed E-state index contributed by atoms with van der Waals surface area (Å²) in [7, 11) is 0. The van der Waals surface area contributed by atoms with Crippen molar-refractivity contribution in [3.05, 3.63) is 35.9 Å². The molecule has 0 bridgehead atoms. The van der Waals surface area contributed by atoms with Crippen molar-refractivity contribution in [2.45, 2.75) is 70.4 Å². The van der Waals surface area contributed by atoms with Crippen LogP contribution in [-0.2, 0) is 5.41 Å². The Morgan fingerprint density at radius 1 is 1.24 bits per heavy atom. The van der Waals surface area contributed by atoms with Gasteiger partial charge in [0.05, 0.1) is 6.10 Å². The highest BCUT2D eigenvalue weighted by Gasteiger charge is 2.24. The molecule has 0 aliphatic heterocycles. The molecule has 2 nitrogen and oxygen atoms in total. The average Bonchev–Trinajstić information content (AvgIpc) is 2.46. The van der Waals surface area contributed by atoms with Gasteiger partial charge in [-0.1, -0.05) is 50.6 Å². The minimum Gasteiger partial charge on any atom is -0.393 e. The van der Waals surface area contributed by atoms with Crippen LogP contribution in [0.2, 0.25) is 0 Å². The number of hydrogen-bond donors (Lipinski definition) is 2. The topological polar surface area (TPSA) is 32.3 Å². The van der Waals surface area contributed by atoms with Crippen LogP contribution in [0.4, 0.5) is 0 Å². The first kappa shape index (κ1) is 16.5. The predicted octanol–water partition coefficient (Wildman–Crippen LogP) is 3.88. The highest BCUT2D eigenvalue weighted by atomic mass is 16.3. The molecule has 1 saturated carbocycles. The Labute approximate surface area is 130 Å². The van der Waals surface area contributed by atoms with Crippen LogP contribution in [0.1, 0.15) is 58.4 Å². The molecule has 2 rings (SSSR count). The Hall–Kier alpha value is -0.860. The molecule has 2 heteroatoms. The van der Waals surface area contributed by atoms with Gasteiger partial charge in [0.25, 0.3) is 0 Å². The molecule has 1 aromatic carbocycles. The molecule has 1 aliphatic rings. The SMILES string of the molecule is CC(CC(C)(C)c1ccccc1)NCC1CCCC(O)C1.